The number of hydrogen-bond donors (Lipinski definition) is 2. The molecule has 0 aromatic heterocycles. The molecule has 2 aliphatic heterocycles. The summed E-state index contributed by atoms with van der Waals surface area (Å²) >= 11 is 0. The molecule has 2 heterocycles. The average molecular weight is 522 g/mol. The molecule has 1 saturated carbocycles. The third-order valence-corrected chi connectivity index (χ3v) is 7.27. The highest BCUT2D eigenvalue weighted by Crippen LogP contribution is 2.33. The highest BCUT2D eigenvalue weighted by molar-refractivity contribution is 14.0. The maximum atomic E-state index is 5.61. The molecule has 2 saturated heterocycles. The van der Waals surface area contributed by atoms with Gasteiger partial charge in [-0.25, -0.2) is 0 Å². The molecular weight excluding hydrogens is 477 g/mol. The number of morpholine rings is 1. The van der Waals surface area contributed by atoms with Gasteiger partial charge in [0, 0.05) is 38.8 Å². The van der Waals surface area contributed by atoms with Gasteiger partial charge in [0.2, 0.25) is 0 Å². The molecule has 6 nitrogen and oxygen atoms in total. The molecule has 29 heavy (non-hydrogen) atoms. The first kappa shape index (κ1) is 25.1. The Morgan fingerprint density at radius 1 is 1.03 bits per heavy atom. The smallest absolute Gasteiger partial charge is 0.191 e. The monoisotopic (exact) mass is 521 g/mol. The number of halogens is 1. The van der Waals surface area contributed by atoms with Crippen molar-refractivity contribution in [1.82, 2.24) is 20.4 Å². The minimum absolute atomic E-state index is 0. The summed E-state index contributed by atoms with van der Waals surface area (Å²) in [6.45, 7) is 12.0. The van der Waals surface area contributed by atoms with Crippen molar-refractivity contribution in [2.24, 2.45) is 10.9 Å². The summed E-state index contributed by atoms with van der Waals surface area (Å²) in [5, 5.41) is 7.26. The van der Waals surface area contributed by atoms with E-state index in [1.807, 2.05) is 7.05 Å². The van der Waals surface area contributed by atoms with Gasteiger partial charge in [-0.2, -0.15) is 0 Å². The van der Waals surface area contributed by atoms with Gasteiger partial charge in [0.15, 0.2) is 5.96 Å². The standard InChI is InChI=1S/C22H43N5O.HI/c1-3-26-13-8-20(9-14-26)7-12-24-21(23-2)25-19-22(10-5-4-6-11-22)27-15-17-28-18-16-27;/h20H,3-19H2,1-2H3,(H2,23,24,25);1H. The molecule has 2 N–H and O–H groups in total. The first-order chi connectivity index (χ1) is 13.8. The molecule has 0 spiro atoms. The fraction of sp³-hybridized carbons (Fsp3) is 0.955. The SMILES string of the molecule is CCN1CCC(CCNC(=NC)NCC2(N3CCOCC3)CCCCC2)CC1.I. The number of hydrogen-bond acceptors (Lipinski definition) is 4. The second-order valence-corrected chi connectivity index (χ2v) is 8.90. The van der Waals surface area contributed by atoms with E-state index in [2.05, 4.69) is 32.3 Å². The molecule has 0 unspecified atom stereocenters. The van der Waals surface area contributed by atoms with Crippen LogP contribution in [0.15, 0.2) is 4.99 Å². The topological polar surface area (TPSA) is 52.1 Å². The average Bonchev–Trinajstić information content (AvgIpc) is 2.78. The summed E-state index contributed by atoms with van der Waals surface area (Å²) < 4.78 is 5.61. The van der Waals surface area contributed by atoms with Gasteiger partial charge < -0.3 is 20.3 Å². The minimum Gasteiger partial charge on any atom is -0.379 e. The zero-order valence-corrected chi connectivity index (χ0v) is 21.1. The van der Waals surface area contributed by atoms with Crippen LogP contribution < -0.4 is 10.6 Å². The van der Waals surface area contributed by atoms with E-state index >= 15 is 0 Å². The number of nitrogens with one attached hydrogen (secondary N) is 2. The minimum atomic E-state index is 0. The van der Waals surface area contributed by atoms with Gasteiger partial charge in [0.05, 0.1) is 13.2 Å². The zero-order valence-electron chi connectivity index (χ0n) is 18.8. The molecule has 0 aromatic carbocycles. The molecule has 3 rings (SSSR count). The Morgan fingerprint density at radius 3 is 2.34 bits per heavy atom. The van der Waals surface area contributed by atoms with Crippen molar-refractivity contribution in [1.29, 1.82) is 0 Å². The maximum Gasteiger partial charge on any atom is 0.191 e. The number of guanidine groups is 1. The number of aliphatic imine (C=N–C) groups is 1. The Morgan fingerprint density at radius 2 is 1.72 bits per heavy atom. The van der Waals surface area contributed by atoms with Crippen LogP contribution in [-0.2, 0) is 4.74 Å². The predicted octanol–water partition coefficient (Wildman–Crippen LogP) is 2.93. The molecule has 0 amide bonds. The summed E-state index contributed by atoms with van der Waals surface area (Å²) in [5.41, 5.74) is 0.284. The van der Waals surface area contributed by atoms with E-state index in [-0.39, 0.29) is 29.5 Å². The van der Waals surface area contributed by atoms with E-state index in [0.717, 1.165) is 51.3 Å². The second kappa shape index (κ2) is 13.3. The highest BCUT2D eigenvalue weighted by atomic mass is 127. The van der Waals surface area contributed by atoms with Gasteiger partial charge in [-0.05, 0) is 57.7 Å². The summed E-state index contributed by atoms with van der Waals surface area (Å²) in [6.07, 6.45) is 10.6. The summed E-state index contributed by atoms with van der Waals surface area (Å²) in [5.74, 6) is 1.84. The van der Waals surface area contributed by atoms with Gasteiger partial charge in [-0.15, -0.1) is 24.0 Å². The summed E-state index contributed by atoms with van der Waals surface area (Å²) in [6, 6.07) is 0. The van der Waals surface area contributed by atoms with Crippen LogP contribution in [0, 0.1) is 5.92 Å². The van der Waals surface area contributed by atoms with E-state index in [4.69, 9.17) is 4.74 Å². The van der Waals surface area contributed by atoms with Crippen LogP contribution in [0.3, 0.4) is 0 Å². The van der Waals surface area contributed by atoms with Crippen LogP contribution in [0.5, 0.6) is 0 Å². The van der Waals surface area contributed by atoms with Crippen molar-refractivity contribution in [3.63, 3.8) is 0 Å². The third kappa shape index (κ3) is 7.51. The van der Waals surface area contributed by atoms with E-state index in [1.54, 1.807) is 0 Å². The zero-order chi connectivity index (χ0) is 19.7. The molecule has 1 aliphatic carbocycles. The number of nitrogens with zero attached hydrogens (tertiary/aromatic N) is 3. The van der Waals surface area contributed by atoms with E-state index < -0.39 is 0 Å². The Kier molecular flexibility index (Phi) is 11.6. The van der Waals surface area contributed by atoms with Crippen LogP contribution in [-0.4, -0.2) is 87.4 Å². The van der Waals surface area contributed by atoms with Crippen molar-refractivity contribution in [3.8, 4) is 0 Å². The molecule has 7 heteroatoms. The van der Waals surface area contributed by atoms with Crippen LogP contribution in [0.1, 0.15) is 58.3 Å². The Balaban J connectivity index is 0.00000300. The lowest BCUT2D eigenvalue weighted by atomic mass is 9.80. The van der Waals surface area contributed by atoms with Crippen LogP contribution in [0.4, 0.5) is 0 Å². The Bertz CT molecular complexity index is 470. The summed E-state index contributed by atoms with van der Waals surface area (Å²) in [4.78, 5) is 9.76. The molecule has 0 bridgehead atoms. The molecular formula is C22H44IN5O. The van der Waals surface area contributed by atoms with Crippen molar-refractivity contribution in [2.45, 2.75) is 63.8 Å². The highest BCUT2D eigenvalue weighted by Gasteiger charge is 2.38. The number of likely N-dealkylation sites (tertiary alicyclic amines) is 1. The lowest BCUT2D eigenvalue weighted by Gasteiger charge is -2.48. The Labute approximate surface area is 195 Å². The Hall–Kier alpha value is -0.120. The van der Waals surface area contributed by atoms with E-state index in [1.165, 1.54) is 71.0 Å². The van der Waals surface area contributed by atoms with Gasteiger partial charge in [0.1, 0.15) is 0 Å². The molecule has 170 valence electrons. The molecule has 0 aromatic rings. The molecule has 0 atom stereocenters. The quantitative estimate of drug-likeness (QED) is 0.307. The fourth-order valence-corrected chi connectivity index (χ4v) is 5.31. The normalized spacial score (nSPS) is 24.7. The first-order valence-corrected chi connectivity index (χ1v) is 11.8. The lowest BCUT2D eigenvalue weighted by molar-refractivity contribution is -0.0352. The molecule has 0 radical (unpaired) electrons. The van der Waals surface area contributed by atoms with Crippen LogP contribution in [0.2, 0.25) is 0 Å². The maximum absolute atomic E-state index is 5.61. The van der Waals surface area contributed by atoms with Crippen molar-refractivity contribution >= 4 is 29.9 Å². The van der Waals surface area contributed by atoms with E-state index in [0.29, 0.717) is 0 Å². The van der Waals surface area contributed by atoms with Gasteiger partial charge in [0.25, 0.3) is 0 Å². The van der Waals surface area contributed by atoms with Crippen LogP contribution in [0.25, 0.3) is 0 Å². The second-order valence-electron chi connectivity index (χ2n) is 8.90. The predicted molar refractivity (Wildman–Crippen MR) is 132 cm³/mol. The molecule has 3 fully saturated rings. The lowest BCUT2D eigenvalue weighted by Crippen LogP contribution is -2.60. The number of rotatable bonds is 7. The van der Waals surface area contributed by atoms with Gasteiger partial charge >= 0.3 is 0 Å². The number of piperidine rings is 1. The third-order valence-electron chi connectivity index (χ3n) is 7.27. The molecule has 3 aliphatic rings. The van der Waals surface area contributed by atoms with Crippen molar-refractivity contribution < 1.29 is 4.74 Å². The van der Waals surface area contributed by atoms with Gasteiger partial charge in [-0.1, -0.05) is 26.2 Å². The largest absolute Gasteiger partial charge is 0.379 e. The number of ether oxygens (including phenoxy) is 1. The van der Waals surface area contributed by atoms with Crippen LogP contribution >= 0.6 is 24.0 Å². The van der Waals surface area contributed by atoms with E-state index in [9.17, 15) is 0 Å². The van der Waals surface area contributed by atoms with Crippen molar-refractivity contribution in [2.75, 3.05) is 66.1 Å². The summed E-state index contributed by atoms with van der Waals surface area (Å²) in [7, 11) is 1.90. The first-order valence-electron chi connectivity index (χ1n) is 11.8. The van der Waals surface area contributed by atoms with Gasteiger partial charge in [-0.3, -0.25) is 9.89 Å². The van der Waals surface area contributed by atoms with Crippen molar-refractivity contribution in [3.05, 3.63) is 0 Å². The fourth-order valence-electron chi connectivity index (χ4n) is 5.31.